The van der Waals surface area contributed by atoms with Crippen LogP contribution in [0.3, 0.4) is 0 Å². The molecule has 0 aromatic carbocycles. The smallest absolute Gasteiger partial charge is 0.0777 e. The molecule has 0 rings (SSSR count). The van der Waals surface area contributed by atoms with Gasteiger partial charge in [-0.15, -0.1) is 0 Å². The van der Waals surface area contributed by atoms with E-state index < -0.39 is 0 Å². The maximum absolute atomic E-state index is 2.25. The van der Waals surface area contributed by atoms with Crippen LogP contribution in [0.5, 0.6) is 0 Å². The Morgan fingerprint density at radius 2 is 1.22 bits per heavy atom. The lowest BCUT2D eigenvalue weighted by atomic mass is 9.69. The molecule has 9 heavy (non-hydrogen) atoms. The topological polar surface area (TPSA) is 0 Å². The number of hydrogen-bond donors (Lipinski definition) is 0. The van der Waals surface area contributed by atoms with E-state index in [4.69, 9.17) is 0 Å². The zero-order valence-electron chi connectivity index (χ0n) is 7.54. The molecule has 56 valence electrons. The molecule has 0 aliphatic heterocycles. The highest BCUT2D eigenvalue weighted by molar-refractivity contribution is 6.35. The van der Waals surface area contributed by atoms with E-state index in [9.17, 15) is 0 Å². The van der Waals surface area contributed by atoms with E-state index in [1.165, 1.54) is 32.8 Å². The first kappa shape index (κ1) is 11.8. The van der Waals surface area contributed by atoms with Crippen molar-refractivity contribution in [2.24, 2.45) is 0 Å². The maximum Gasteiger partial charge on any atom is 0.120 e. The van der Waals surface area contributed by atoms with Crippen LogP contribution in [0, 0.1) is 0 Å². The molecule has 0 aromatic rings. The highest BCUT2D eigenvalue weighted by Crippen LogP contribution is 1.92. The fourth-order valence-corrected chi connectivity index (χ4v) is 0.677. The first-order valence-corrected chi connectivity index (χ1v) is 4.41. The van der Waals surface area contributed by atoms with Crippen LogP contribution in [0.2, 0.25) is 12.6 Å². The molecule has 0 spiro atoms. The van der Waals surface area contributed by atoms with Gasteiger partial charge in [0.1, 0.15) is 7.28 Å². The Morgan fingerprint density at radius 1 is 0.889 bits per heavy atom. The standard InChI is InChI=1S/C6H15B.C2H6/c1-3-5-7-6-4-2;1-2/h7H,3-6H2,1-2H3;1-2H3. The van der Waals surface area contributed by atoms with E-state index in [0.29, 0.717) is 0 Å². The van der Waals surface area contributed by atoms with Gasteiger partial charge in [0, 0.05) is 0 Å². The van der Waals surface area contributed by atoms with E-state index in [2.05, 4.69) is 13.8 Å². The Bertz CT molecular complexity index is 23.7. The Balaban J connectivity index is 0. The lowest BCUT2D eigenvalue weighted by Crippen LogP contribution is -1.84. The van der Waals surface area contributed by atoms with Gasteiger partial charge in [-0.1, -0.05) is 53.2 Å². The second-order valence-corrected chi connectivity index (χ2v) is 2.06. The highest BCUT2D eigenvalue weighted by atomic mass is 13.7. The minimum atomic E-state index is 1.36. The molecule has 0 atom stereocenters. The SMILES string of the molecule is CC.CCCBCCC. The van der Waals surface area contributed by atoms with Crippen molar-refractivity contribution in [3.8, 4) is 0 Å². The van der Waals surface area contributed by atoms with Gasteiger partial charge >= 0.3 is 0 Å². The van der Waals surface area contributed by atoms with Crippen molar-refractivity contribution in [2.45, 2.75) is 53.2 Å². The zero-order valence-corrected chi connectivity index (χ0v) is 7.54. The van der Waals surface area contributed by atoms with Crippen molar-refractivity contribution < 1.29 is 0 Å². The van der Waals surface area contributed by atoms with E-state index in [1.807, 2.05) is 13.8 Å². The van der Waals surface area contributed by atoms with Crippen LogP contribution in [-0.4, -0.2) is 7.28 Å². The lowest BCUT2D eigenvalue weighted by Gasteiger charge is -1.87. The Morgan fingerprint density at radius 3 is 1.44 bits per heavy atom. The maximum atomic E-state index is 2.25. The van der Waals surface area contributed by atoms with Crippen LogP contribution < -0.4 is 0 Å². The van der Waals surface area contributed by atoms with Crippen molar-refractivity contribution in [1.82, 2.24) is 0 Å². The average molecular weight is 128 g/mol. The molecule has 1 heteroatoms. The normalized spacial score (nSPS) is 7.56. The summed E-state index contributed by atoms with van der Waals surface area (Å²) in [5, 5.41) is 0. The van der Waals surface area contributed by atoms with E-state index in [1.54, 1.807) is 0 Å². The monoisotopic (exact) mass is 128 g/mol. The molecule has 0 radical (unpaired) electrons. The number of rotatable bonds is 4. The summed E-state index contributed by atoms with van der Waals surface area (Å²) in [5.74, 6) is 0. The molecule has 0 nitrogen and oxygen atoms in total. The molecule has 0 saturated carbocycles. The molecule has 0 amide bonds. The summed E-state index contributed by atoms with van der Waals surface area (Å²) in [7, 11) is 1.44. The molecule has 0 fully saturated rings. The van der Waals surface area contributed by atoms with Gasteiger partial charge in [-0.3, -0.25) is 0 Å². The molecule has 0 aliphatic carbocycles. The summed E-state index contributed by atoms with van der Waals surface area (Å²) >= 11 is 0. The Labute approximate surface area is 61.3 Å². The zero-order chi connectivity index (χ0) is 7.54. The number of hydrogen-bond acceptors (Lipinski definition) is 0. The van der Waals surface area contributed by atoms with Gasteiger partial charge in [0.2, 0.25) is 0 Å². The van der Waals surface area contributed by atoms with Gasteiger partial charge in [0.05, 0.1) is 0 Å². The highest BCUT2D eigenvalue weighted by Gasteiger charge is 1.83. The fourth-order valence-electron chi connectivity index (χ4n) is 0.677. The van der Waals surface area contributed by atoms with Gasteiger partial charge in [-0.2, -0.15) is 0 Å². The third-order valence-corrected chi connectivity index (χ3v) is 1.21. The van der Waals surface area contributed by atoms with Crippen LogP contribution in [0.1, 0.15) is 40.5 Å². The van der Waals surface area contributed by atoms with E-state index in [-0.39, 0.29) is 0 Å². The van der Waals surface area contributed by atoms with Crippen LogP contribution in [0.15, 0.2) is 0 Å². The van der Waals surface area contributed by atoms with Crippen LogP contribution in [0.4, 0.5) is 0 Å². The van der Waals surface area contributed by atoms with Crippen molar-refractivity contribution in [1.29, 1.82) is 0 Å². The summed E-state index contributed by atoms with van der Waals surface area (Å²) in [6.07, 6.45) is 5.57. The molecular formula is C8H21B. The average Bonchev–Trinajstić information content (AvgIpc) is 1.94. The fraction of sp³-hybridized carbons (Fsp3) is 1.00. The summed E-state index contributed by atoms with van der Waals surface area (Å²) in [5.41, 5.74) is 0. The molecule has 0 bridgehead atoms. The lowest BCUT2D eigenvalue weighted by molar-refractivity contribution is 1.02. The van der Waals surface area contributed by atoms with E-state index >= 15 is 0 Å². The van der Waals surface area contributed by atoms with Gasteiger partial charge in [-0.25, -0.2) is 0 Å². The second-order valence-electron chi connectivity index (χ2n) is 2.06. The predicted molar refractivity (Wildman–Crippen MR) is 48.7 cm³/mol. The molecule has 0 N–H and O–H groups in total. The Hall–Kier alpha value is 0.0649. The summed E-state index contributed by atoms with van der Waals surface area (Å²) in [6.45, 7) is 8.49. The van der Waals surface area contributed by atoms with Gasteiger partial charge in [0.25, 0.3) is 0 Å². The summed E-state index contributed by atoms with van der Waals surface area (Å²) < 4.78 is 0. The Kier molecular flexibility index (Phi) is 20.6. The van der Waals surface area contributed by atoms with Crippen molar-refractivity contribution >= 4 is 7.28 Å². The van der Waals surface area contributed by atoms with Gasteiger partial charge in [-0.05, 0) is 0 Å². The third-order valence-electron chi connectivity index (χ3n) is 1.21. The van der Waals surface area contributed by atoms with Crippen LogP contribution in [0.25, 0.3) is 0 Å². The van der Waals surface area contributed by atoms with Gasteiger partial charge in [0.15, 0.2) is 0 Å². The minimum Gasteiger partial charge on any atom is -0.0777 e. The molecule has 0 aliphatic rings. The van der Waals surface area contributed by atoms with Crippen LogP contribution in [-0.2, 0) is 0 Å². The third kappa shape index (κ3) is 18.0. The minimum absolute atomic E-state index is 1.36. The van der Waals surface area contributed by atoms with Gasteiger partial charge < -0.3 is 0 Å². The molecule has 0 saturated heterocycles. The van der Waals surface area contributed by atoms with Crippen molar-refractivity contribution in [3.05, 3.63) is 0 Å². The second kappa shape index (κ2) is 15.7. The van der Waals surface area contributed by atoms with Crippen molar-refractivity contribution in [2.75, 3.05) is 0 Å². The van der Waals surface area contributed by atoms with E-state index in [0.717, 1.165) is 0 Å². The van der Waals surface area contributed by atoms with Crippen molar-refractivity contribution in [3.63, 3.8) is 0 Å². The first-order valence-electron chi connectivity index (χ1n) is 4.41. The predicted octanol–water partition coefficient (Wildman–Crippen LogP) is 3.11. The molecule has 0 heterocycles. The largest absolute Gasteiger partial charge is 0.120 e. The summed E-state index contributed by atoms with van der Waals surface area (Å²) in [4.78, 5) is 0. The van der Waals surface area contributed by atoms with Crippen LogP contribution >= 0.6 is 0 Å². The molecule has 0 aromatic heterocycles. The first-order chi connectivity index (χ1) is 4.41. The summed E-state index contributed by atoms with van der Waals surface area (Å²) in [6, 6.07) is 0. The quantitative estimate of drug-likeness (QED) is 0.403. The molecular weight excluding hydrogens is 107 g/mol. The molecule has 0 unspecified atom stereocenters.